The third-order valence-electron chi connectivity index (χ3n) is 5.62. The van der Waals surface area contributed by atoms with Gasteiger partial charge < -0.3 is 25.9 Å². The Morgan fingerprint density at radius 1 is 1.29 bits per heavy atom. The molecule has 0 bridgehead atoms. The normalized spacial score (nSPS) is 17.2. The standard InChI is InChI=1S/C22H25N7O11S2/c1-11(30)24-8-15-17(19(32)28(15)42(36,37)38)26-18(31)16(14-10-41-21(23)25-14)27-40-22(2,3)20(33)39-9-12-4-6-13(7-5-12)29(34)35/h4-7,10,15,17H,8-9H2,1-3H3,(H2,23,25)(H,24,30)(H,26,31)(H,36,37,38). The quantitative estimate of drug-likeness (QED) is 0.0579. The number of aromatic nitrogens is 1. The Labute approximate surface area is 241 Å². The molecule has 1 aromatic heterocycles. The van der Waals surface area contributed by atoms with Crippen LogP contribution in [-0.4, -0.2) is 80.8 Å². The van der Waals surface area contributed by atoms with E-state index in [9.17, 15) is 42.3 Å². The van der Waals surface area contributed by atoms with Crippen molar-refractivity contribution in [3.8, 4) is 0 Å². The van der Waals surface area contributed by atoms with E-state index in [0.717, 1.165) is 18.3 Å². The van der Waals surface area contributed by atoms with Crippen molar-refractivity contribution in [2.75, 3.05) is 12.3 Å². The first-order chi connectivity index (χ1) is 19.5. The number of non-ortho nitro benzene ring substituents is 1. The number of nitro benzene ring substituents is 1. The number of nitrogens with zero attached hydrogens (tertiary/aromatic N) is 4. The molecule has 2 heterocycles. The number of benzene rings is 1. The second-order valence-corrected chi connectivity index (χ2v) is 11.4. The van der Waals surface area contributed by atoms with Crippen molar-refractivity contribution in [1.29, 1.82) is 0 Å². The van der Waals surface area contributed by atoms with Gasteiger partial charge in [0.25, 0.3) is 17.5 Å². The summed E-state index contributed by atoms with van der Waals surface area (Å²) >= 11 is 0.935. The molecule has 0 radical (unpaired) electrons. The van der Waals surface area contributed by atoms with Gasteiger partial charge in [-0.1, -0.05) is 5.16 Å². The smallest absolute Gasteiger partial charge is 0.362 e. The van der Waals surface area contributed by atoms with E-state index < -0.39 is 68.9 Å². The van der Waals surface area contributed by atoms with Gasteiger partial charge in [-0.25, -0.2) is 14.1 Å². The molecule has 3 rings (SSSR count). The van der Waals surface area contributed by atoms with Gasteiger partial charge in [0.1, 0.15) is 18.3 Å². The largest absolute Gasteiger partial charge is 0.458 e. The number of nitro groups is 1. The number of nitrogens with two attached hydrogens (primary N) is 1. The van der Waals surface area contributed by atoms with Gasteiger partial charge in [-0.2, -0.15) is 8.42 Å². The maximum Gasteiger partial charge on any atom is 0.362 e. The number of oxime groups is 1. The van der Waals surface area contributed by atoms with Gasteiger partial charge in [-0.05, 0) is 31.5 Å². The van der Waals surface area contributed by atoms with Crippen molar-refractivity contribution in [3.05, 3.63) is 51.0 Å². The molecule has 42 heavy (non-hydrogen) atoms. The van der Waals surface area contributed by atoms with Crippen LogP contribution in [0.1, 0.15) is 32.0 Å². The van der Waals surface area contributed by atoms with Gasteiger partial charge >= 0.3 is 16.3 Å². The molecule has 2 unspecified atom stereocenters. The Morgan fingerprint density at radius 3 is 2.45 bits per heavy atom. The molecule has 226 valence electrons. The summed E-state index contributed by atoms with van der Waals surface area (Å²) in [5.41, 5.74) is 3.52. The molecule has 2 aromatic rings. The van der Waals surface area contributed by atoms with Crippen molar-refractivity contribution in [2.45, 2.75) is 45.1 Å². The van der Waals surface area contributed by atoms with Crippen LogP contribution in [-0.2, 0) is 45.7 Å². The van der Waals surface area contributed by atoms with Crippen molar-refractivity contribution >= 4 is 61.9 Å². The molecule has 1 aliphatic rings. The lowest BCUT2D eigenvalue weighted by Crippen LogP contribution is -2.74. The molecule has 1 aliphatic heterocycles. The van der Waals surface area contributed by atoms with Crippen molar-refractivity contribution in [3.63, 3.8) is 0 Å². The summed E-state index contributed by atoms with van der Waals surface area (Å²) in [5.74, 6) is -3.76. The fraction of sp³-hybridized carbons (Fsp3) is 0.364. The molecule has 3 amide bonds. The average Bonchev–Trinajstić information content (AvgIpc) is 3.32. The first-order valence-corrected chi connectivity index (χ1v) is 14.0. The van der Waals surface area contributed by atoms with Gasteiger partial charge in [-0.15, -0.1) is 11.3 Å². The number of ether oxygens (including phenoxy) is 1. The molecule has 2 atom stereocenters. The highest BCUT2D eigenvalue weighted by Gasteiger charge is 2.54. The minimum Gasteiger partial charge on any atom is -0.458 e. The SMILES string of the molecule is CC(=O)NCC1C(NC(=O)C(=NOC(C)(C)C(=O)OCc2ccc([N+](=O)[O-])cc2)c2csc(N)n2)C(=O)N1S(=O)(=O)O. The third-order valence-corrected chi connectivity index (χ3v) is 7.24. The number of carbonyl (C=O) groups excluding carboxylic acids is 4. The van der Waals surface area contributed by atoms with E-state index in [-0.39, 0.29) is 27.4 Å². The number of hydrogen-bond acceptors (Lipinski definition) is 14. The second-order valence-electron chi connectivity index (χ2n) is 9.18. The summed E-state index contributed by atoms with van der Waals surface area (Å²) in [6, 6.07) is 2.40. The number of nitrogens with one attached hydrogen (secondary N) is 2. The Morgan fingerprint density at radius 2 is 1.93 bits per heavy atom. The van der Waals surface area contributed by atoms with Crippen LogP contribution >= 0.6 is 11.3 Å². The highest BCUT2D eigenvalue weighted by Crippen LogP contribution is 2.24. The zero-order chi connectivity index (χ0) is 31.4. The maximum absolute atomic E-state index is 13.2. The van der Waals surface area contributed by atoms with Crippen LogP contribution in [0.3, 0.4) is 0 Å². The fourth-order valence-electron chi connectivity index (χ4n) is 3.45. The van der Waals surface area contributed by atoms with Crippen LogP contribution in [0.25, 0.3) is 0 Å². The number of thiazole rings is 1. The first-order valence-electron chi connectivity index (χ1n) is 11.8. The zero-order valence-electron chi connectivity index (χ0n) is 22.2. The number of carbonyl (C=O) groups is 4. The van der Waals surface area contributed by atoms with Gasteiger partial charge in [0, 0.05) is 31.0 Å². The fourth-order valence-corrected chi connectivity index (χ4v) is 4.88. The molecule has 1 saturated heterocycles. The van der Waals surface area contributed by atoms with Crippen LogP contribution in [0.5, 0.6) is 0 Å². The number of rotatable bonds is 12. The van der Waals surface area contributed by atoms with E-state index in [1.165, 1.54) is 43.5 Å². The number of β-lactam (4-membered cyclic amide) rings is 1. The maximum atomic E-state index is 13.2. The number of hydrogen-bond donors (Lipinski definition) is 4. The summed E-state index contributed by atoms with van der Waals surface area (Å²) in [5, 5.41) is 20.5. The zero-order valence-corrected chi connectivity index (χ0v) is 23.8. The number of amides is 3. The Hall–Kier alpha value is -4.69. The minimum absolute atomic E-state index is 0.0353. The third kappa shape index (κ3) is 7.53. The molecule has 1 fully saturated rings. The molecule has 1 aromatic carbocycles. The van der Waals surface area contributed by atoms with Crippen molar-refractivity contribution in [1.82, 2.24) is 19.9 Å². The first kappa shape index (κ1) is 31.8. The van der Waals surface area contributed by atoms with Gasteiger partial charge in [0.15, 0.2) is 10.8 Å². The molecule has 20 heteroatoms. The Balaban J connectivity index is 1.77. The molecule has 18 nitrogen and oxygen atoms in total. The van der Waals surface area contributed by atoms with E-state index >= 15 is 0 Å². The van der Waals surface area contributed by atoms with E-state index in [2.05, 4.69) is 20.8 Å². The summed E-state index contributed by atoms with van der Waals surface area (Å²) in [4.78, 5) is 69.1. The van der Waals surface area contributed by atoms with Gasteiger partial charge in [0.2, 0.25) is 11.5 Å². The van der Waals surface area contributed by atoms with Crippen LogP contribution in [0.15, 0.2) is 34.8 Å². The van der Waals surface area contributed by atoms with Crippen LogP contribution in [0.2, 0.25) is 0 Å². The second kappa shape index (κ2) is 12.4. The summed E-state index contributed by atoms with van der Waals surface area (Å²) in [6.07, 6.45) is 0. The molecule has 0 spiro atoms. The Bertz CT molecular complexity index is 1540. The van der Waals surface area contributed by atoms with E-state index in [1.54, 1.807) is 0 Å². The van der Waals surface area contributed by atoms with E-state index in [1.807, 2.05) is 0 Å². The number of esters is 1. The van der Waals surface area contributed by atoms with Crippen molar-refractivity contribution < 1.29 is 46.6 Å². The molecular formula is C22H25N7O11S2. The predicted molar refractivity (Wildman–Crippen MR) is 144 cm³/mol. The lowest BCUT2D eigenvalue weighted by molar-refractivity contribution is -0.384. The van der Waals surface area contributed by atoms with Gasteiger partial charge in [0.05, 0.1) is 11.0 Å². The summed E-state index contributed by atoms with van der Waals surface area (Å²) in [7, 11) is -5.00. The minimum atomic E-state index is -5.00. The monoisotopic (exact) mass is 627 g/mol. The topological polar surface area (TPSA) is 263 Å². The van der Waals surface area contributed by atoms with Crippen LogP contribution in [0, 0.1) is 10.1 Å². The average molecular weight is 628 g/mol. The Kier molecular flexibility index (Phi) is 9.43. The number of anilines is 1. The lowest BCUT2D eigenvalue weighted by atomic mass is 9.98. The highest BCUT2D eigenvalue weighted by atomic mass is 32.2. The molecule has 0 saturated carbocycles. The predicted octanol–water partition coefficient (Wildman–Crippen LogP) is -0.489. The molecule has 5 N–H and O–H groups in total. The highest BCUT2D eigenvalue weighted by molar-refractivity contribution is 7.84. The lowest BCUT2D eigenvalue weighted by Gasteiger charge is -2.44. The van der Waals surface area contributed by atoms with E-state index in [4.69, 9.17) is 15.3 Å². The van der Waals surface area contributed by atoms with Crippen LogP contribution < -0.4 is 16.4 Å². The van der Waals surface area contributed by atoms with Gasteiger partial charge in [-0.3, -0.25) is 29.1 Å². The van der Waals surface area contributed by atoms with Crippen molar-refractivity contribution in [2.24, 2.45) is 5.16 Å². The van der Waals surface area contributed by atoms with Crippen LogP contribution in [0.4, 0.5) is 10.8 Å². The molecular weight excluding hydrogens is 602 g/mol. The van der Waals surface area contributed by atoms with E-state index in [0.29, 0.717) is 5.56 Å². The molecule has 0 aliphatic carbocycles. The number of nitrogen functional groups attached to an aromatic ring is 1. The summed E-state index contributed by atoms with van der Waals surface area (Å²) < 4.78 is 37.9. The summed E-state index contributed by atoms with van der Waals surface area (Å²) in [6.45, 7) is 3.02.